The van der Waals surface area contributed by atoms with E-state index in [-0.39, 0.29) is 0 Å². The standard InChI is InChI=1S/C36H28P2/c1-5-17-31(18-6-1)37(32-19-7-2-8-20-32)35-25-13-15-29(35)27-28-30-16-14-26-36(30)38(33-21-9-3-10-22-33)34-23-11-4-12-24-34/h1-28H/b28-27-. The predicted molar refractivity (Wildman–Crippen MR) is 166 cm³/mol. The molecule has 10 radical (unpaired) electrons. The lowest BCUT2D eigenvalue weighted by Crippen LogP contribution is -2.19. The van der Waals surface area contributed by atoms with Crippen LogP contribution in [0.4, 0.5) is 0 Å². The monoisotopic (exact) mass is 522 g/mol. The fraction of sp³-hybridized carbons (Fsp3) is 0. The average molecular weight is 523 g/mol. The van der Waals surface area contributed by atoms with Crippen LogP contribution in [0.2, 0.25) is 0 Å². The Hall–Kier alpha value is -2.52. The summed E-state index contributed by atoms with van der Waals surface area (Å²) in [6.07, 6.45) is 18.2. The van der Waals surface area contributed by atoms with Crippen molar-refractivity contribution in [2.75, 3.05) is 0 Å². The van der Waals surface area contributed by atoms with Crippen molar-refractivity contribution in [1.82, 2.24) is 0 Å². The highest BCUT2D eigenvalue weighted by Crippen LogP contribution is 2.58. The van der Waals surface area contributed by atoms with E-state index in [2.05, 4.69) is 172 Å². The van der Waals surface area contributed by atoms with E-state index < -0.39 is 15.8 Å². The zero-order valence-corrected chi connectivity index (χ0v) is 22.8. The summed E-state index contributed by atoms with van der Waals surface area (Å²) >= 11 is 0. The van der Waals surface area contributed by atoms with Crippen molar-refractivity contribution in [1.29, 1.82) is 0 Å². The van der Waals surface area contributed by atoms with Crippen LogP contribution in [0.3, 0.4) is 0 Å². The molecule has 0 aliphatic heterocycles. The maximum Gasteiger partial charge on any atom is 0.0235 e. The van der Waals surface area contributed by atoms with Gasteiger partial charge in [0.05, 0.1) is 0 Å². The molecule has 0 nitrogen and oxygen atoms in total. The molecule has 182 valence electrons. The Kier molecular flexibility index (Phi) is 8.51. The summed E-state index contributed by atoms with van der Waals surface area (Å²) in [7, 11) is -1.28. The van der Waals surface area contributed by atoms with Gasteiger partial charge in [0.25, 0.3) is 0 Å². The van der Waals surface area contributed by atoms with Gasteiger partial charge in [-0.25, -0.2) is 0 Å². The smallest absolute Gasteiger partial charge is 0.0235 e. The van der Waals surface area contributed by atoms with Gasteiger partial charge in [0, 0.05) is 23.2 Å². The fourth-order valence-electron chi connectivity index (χ4n) is 4.88. The lowest BCUT2D eigenvalue weighted by Gasteiger charge is -2.29. The maximum atomic E-state index is 2.32. The highest BCUT2D eigenvalue weighted by Gasteiger charge is 2.38. The van der Waals surface area contributed by atoms with E-state index in [0.29, 0.717) is 0 Å². The minimum Gasteiger partial charge on any atom is -0.0795 e. The third-order valence-electron chi connectivity index (χ3n) is 6.63. The molecule has 6 rings (SSSR count). The van der Waals surface area contributed by atoms with E-state index in [1.54, 1.807) is 0 Å². The zero-order chi connectivity index (χ0) is 25.6. The Morgan fingerprint density at radius 3 is 0.921 bits per heavy atom. The quantitative estimate of drug-likeness (QED) is 0.214. The van der Waals surface area contributed by atoms with Gasteiger partial charge in [0.1, 0.15) is 0 Å². The van der Waals surface area contributed by atoms with Crippen LogP contribution < -0.4 is 21.2 Å². The van der Waals surface area contributed by atoms with Gasteiger partial charge in [-0.15, -0.1) is 0 Å². The largest absolute Gasteiger partial charge is 0.0795 e. The molecule has 4 aromatic rings. The molecule has 0 heterocycles. The third kappa shape index (κ3) is 5.73. The lowest BCUT2D eigenvalue weighted by atomic mass is 10.0. The third-order valence-corrected chi connectivity index (χ3v) is 11.7. The Labute approximate surface area is 231 Å². The molecule has 0 N–H and O–H groups in total. The van der Waals surface area contributed by atoms with Gasteiger partial charge in [-0.2, -0.15) is 0 Å². The Bertz CT molecular complexity index is 1100. The summed E-state index contributed by atoms with van der Waals surface area (Å²) in [5, 5.41) is 5.50. The molecule has 2 heteroatoms. The maximum absolute atomic E-state index is 2.32. The second-order valence-electron chi connectivity index (χ2n) is 9.08. The molecule has 38 heavy (non-hydrogen) atoms. The first-order chi connectivity index (χ1) is 18.9. The van der Waals surface area contributed by atoms with Crippen molar-refractivity contribution in [3.63, 3.8) is 0 Å². The number of benzene rings is 4. The first-order valence-electron chi connectivity index (χ1n) is 12.9. The fourth-order valence-corrected chi connectivity index (χ4v) is 9.76. The molecule has 2 aliphatic carbocycles. The summed E-state index contributed by atoms with van der Waals surface area (Å²) in [4.78, 5) is 0. The normalized spacial score (nSPS) is 17.8. The SMILES string of the molecule is [CH]1[CH][C](/C=C\[C]2[CH][CH][CH][C]2P(c2ccccc2)c2ccccc2)[C](P(c2ccccc2)c2ccccc2)[CH]1. The second-order valence-corrected chi connectivity index (χ2v) is 13.4. The summed E-state index contributed by atoms with van der Waals surface area (Å²) in [5.74, 6) is 2.58. The molecule has 2 saturated carbocycles. The molecule has 0 spiro atoms. The van der Waals surface area contributed by atoms with Crippen molar-refractivity contribution >= 4 is 37.1 Å². The minimum absolute atomic E-state index is 0.638. The van der Waals surface area contributed by atoms with Crippen LogP contribution in [0.1, 0.15) is 0 Å². The Morgan fingerprint density at radius 1 is 0.342 bits per heavy atom. The summed E-state index contributed by atoms with van der Waals surface area (Å²) < 4.78 is 0. The van der Waals surface area contributed by atoms with Gasteiger partial charge in [0.15, 0.2) is 0 Å². The minimum atomic E-state index is -0.638. The van der Waals surface area contributed by atoms with E-state index in [1.165, 1.54) is 44.4 Å². The first kappa shape index (κ1) is 25.7. The molecule has 0 saturated heterocycles. The molecule has 2 aliphatic rings. The Morgan fingerprint density at radius 2 is 0.632 bits per heavy atom. The molecule has 0 aromatic heterocycles. The van der Waals surface area contributed by atoms with Gasteiger partial charge in [0.2, 0.25) is 0 Å². The van der Waals surface area contributed by atoms with Gasteiger partial charge in [-0.3, -0.25) is 0 Å². The van der Waals surface area contributed by atoms with Crippen LogP contribution in [-0.2, 0) is 0 Å². The van der Waals surface area contributed by atoms with Crippen molar-refractivity contribution in [2.24, 2.45) is 0 Å². The first-order valence-corrected chi connectivity index (χ1v) is 15.6. The number of hydrogen-bond donors (Lipinski definition) is 0. The van der Waals surface area contributed by atoms with E-state index in [9.17, 15) is 0 Å². The predicted octanol–water partition coefficient (Wildman–Crippen LogP) is 7.27. The van der Waals surface area contributed by atoms with E-state index in [0.717, 1.165) is 0 Å². The molecule has 0 atom stereocenters. The van der Waals surface area contributed by atoms with Crippen molar-refractivity contribution in [2.45, 2.75) is 0 Å². The van der Waals surface area contributed by atoms with E-state index >= 15 is 0 Å². The average Bonchev–Trinajstić information content (AvgIpc) is 3.64. The molecule has 0 amide bonds. The van der Waals surface area contributed by atoms with Gasteiger partial charge in [-0.05, 0) is 75.6 Å². The van der Waals surface area contributed by atoms with Crippen LogP contribution in [0.5, 0.6) is 0 Å². The topological polar surface area (TPSA) is 0 Å². The van der Waals surface area contributed by atoms with Crippen LogP contribution >= 0.6 is 15.8 Å². The number of hydrogen-bond acceptors (Lipinski definition) is 0. The molecular weight excluding hydrogens is 494 g/mol. The molecule has 2 fully saturated rings. The van der Waals surface area contributed by atoms with Crippen LogP contribution in [0.25, 0.3) is 0 Å². The highest BCUT2D eigenvalue weighted by atomic mass is 31.1. The van der Waals surface area contributed by atoms with Crippen LogP contribution in [0.15, 0.2) is 133 Å². The van der Waals surface area contributed by atoms with Crippen LogP contribution in [0, 0.1) is 61.7 Å². The number of rotatable bonds is 8. The lowest BCUT2D eigenvalue weighted by molar-refractivity contribution is 1.27. The summed E-state index contributed by atoms with van der Waals surface area (Å²) in [5.41, 5.74) is 2.80. The molecule has 0 bridgehead atoms. The van der Waals surface area contributed by atoms with Gasteiger partial charge >= 0.3 is 0 Å². The molecule has 4 aromatic carbocycles. The van der Waals surface area contributed by atoms with Gasteiger partial charge in [-0.1, -0.05) is 133 Å². The van der Waals surface area contributed by atoms with E-state index in [1.807, 2.05) is 0 Å². The Balaban J connectivity index is 1.28. The molecular formula is C36H28P2. The van der Waals surface area contributed by atoms with E-state index in [4.69, 9.17) is 0 Å². The van der Waals surface area contributed by atoms with Crippen LogP contribution in [-0.4, -0.2) is 0 Å². The highest BCUT2D eigenvalue weighted by molar-refractivity contribution is 7.76. The zero-order valence-electron chi connectivity index (χ0n) is 21.1. The summed E-state index contributed by atoms with van der Waals surface area (Å²) in [6.45, 7) is 0. The summed E-state index contributed by atoms with van der Waals surface area (Å²) in [6, 6.07) is 43.7. The van der Waals surface area contributed by atoms with Crippen molar-refractivity contribution in [3.05, 3.63) is 195 Å². The van der Waals surface area contributed by atoms with Crippen molar-refractivity contribution < 1.29 is 0 Å². The number of allylic oxidation sites excluding steroid dienone is 2. The van der Waals surface area contributed by atoms with Gasteiger partial charge < -0.3 is 0 Å². The van der Waals surface area contributed by atoms with Crippen molar-refractivity contribution in [3.8, 4) is 0 Å². The molecule has 0 unspecified atom stereocenters. The second kappa shape index (κ2) is 12.6.